The highest BCUT2D eigenvalue weighted by molar-refractivity contribution is 5.80. The van der Waals surface area contributed by atoms with Crippen LogP contribution in [0.15, 0.2) is 35.6 Å². The lowest BCUT2D eigenvalue weighted by atomic mass is 9.99. The molecule has 0 fully saturated rings. The fourth-order valence-electron chi connectivity index (χ4n) is 2.86. The number of aryl methyl sites for hydroxylation is 3. The predicted octanol–water partition coefficient (Wildman–Crippen LogP) is 4.33. The van der Waals surface area contributed by atoms with Crippen LogP contribution in [0.4, 0.5) is 5.82 Å². The Kier molecular flexibility index (Phi) is 3.41. The Hall–Kier alpha value is -2.69. The van der Waals surface area contributed by atoms with E-state index < -0.39 is 0 Å². The number of nitroso groups, excluding NO2 is 1. The van der Waals surface area contributed by atoms with Crippen LogP contribution in [-0.4, -0.2) is 16.5 Å². The molecule has 0 spiro atoms. The van der Waals surface area contributed by atoms with Gasteiger partial charge in [0.15, 0.2) is 0 Å². The second-order valence-electron chi connectivity index (χ2n) is 5.40. The first-order valence-corrected chi connectivity index (χ1v) is 7.03. The van der Waals surface area contributed by atoms with E-state index in [-0.39, 0.29) is 0 Å². The number of methoxy groups -OCH3 is 1. The minimum atomic E-state index is 0.329. The van der Waals surface area contributed by atoms with Gasteiger partial charge in [-0.15, -0.1) is 4.91 Å². The van der Waals surface area contributed by atoms with Gasteiger partial charge in [0, 0.05) is 11.8 Å². The molecule has 0 saturated heterocycles. The number of imidazole rings is 1. The number of ether oxygens (including phenoxy) is 1. The van der Waals surface area contributed by atoms with Gasteiger partial charge in [-0.25, -0.2) is 4.98 Å². The highest BCUT2D eigenvalue weighted by atomic mass is 16.5. The lowest BCUT2D eigenvalue weighted by Crippen LogP contribution is -1.92. The lowest BCUT2D eigenvalue weighted by molar-refractivity contribution is 0.414. The summed E-state index contributed by atoms with van der Waals surface area (Å²) in [5.41, 5.74) is 5.30. The predicted molar refractivity (Wildman–Crippen MR) is 86.8 cm³/mol. The molecule has 3 rings (SSSR count). The van der Waals surface area contributed by atoms with Gasteiger partial charge in [0.1, 0.15) is 17.1 Å². The molecule has 5 heteroatoms. The first kappa shape index (κ1) is 14.3. The van der Waals surface area contributed by atoms with E-state index in [1.54, 1.807) is 11.5 Å². The Morgan fingerprint density at radius 2 is 1.82 bits per heavy atom. The third kappa shape index (κ3) is 2.06. The Bertz CT molecular complexity index is 858. The molecular formula is C17H17N3O2. The maximum atomic E-state index is 11.4. The van der Waals surface area contributed by atoms with E-state index in [1.807, 2.05) is 51.2 Å². The van der Waals surface area contributed by atoms with Crippen molar-refractivity contribution in [3.05, 3.63) is 52.1 Å². The van der Waals surface area contributed by atoms with Crippen molar-refractivity contribution in [2.45, 2.75) is 20.8 Å². The molecule has 1 aromatic carbocycles. The minimum absolute atomic E-state index is 0.329. The number of pyridine rings is 1. The van der Waals surface area contributed by atoms with Crippen LogP contribution in [0, 0.1) is 25.7 Å². The van der Waals surface area contributed by atoms with Crippen LogP contribution in [0.2, 0.25) is 0 Å². The summed E-state index contributed by atoms with van der Waals surface area (Å²) < 4.78 is 7.03. The molecule has 0 radical (unpaired) electrons. The summed E-state index contributed by atoms with van der Waals surface area (Å²) in [6, 6.07) is 7.73. The molecule has 0 amide bonds. The summed E-state index contributed by atoms with van der Waals surface area (Å²) in [6.45, 7) is 5.93. The summed E-state index contributed by atoms with van der Waals surface area (Å²) in [4.78, 5) is 16.1. The molecule has 0 N–H and O–H groups in total. The van der Waals surface area contributed by atoms with Crippen molar-refractivity contribution in [1.82, 2.24) is 9.38 Å². The molecule has 112 valence electrons. The van der Waals surface area contributed by atoms with Gasteiger partial charge < -0.3 is 4.74 Å². The van der Waals surface area contributed by atoms with Crippen molar-refractivity contribution < 1.29 is 4.74 Å². The first-order chi connectivity index (χ1) is 10.6. The third-order valence-corrected chi connectivity index (χ3v) is 3.89. The first-order valence-electron chi connectivity index (χ1n) is 7.03. The third-order valence-electron chi connectivity index (χ3n) is 3.89. The lowest BCUT2D eigenvalue weighted by Gasteiger charge is -2.10. The van der Waals surface area contributed by atoms with Crippen molar-refractivity contribution in [3.8, 4) is 17.0 Å². The molecule has 3 aromatic rings. The van der Waals surface area contributed by atoms with Crippen LogP contribution >= 0.6 is 0 Å². The second-order valence-corrected chi connectivity index (χ2v) is 5.40. The van der Waals surface area contributed by atoms with Gasteiger partial charge in [-0.2, -0.15) is 0 Å². The number of nitrogens with zero attached hydrogens (tertiary/aromatic N) is 3. The van der Waals surface area contributed by atoms with E-state index in [0.29, 0.717) is 11.5 Å². The van der Waals surface area contributed by atoms with Gasteiger partial charge in [-0.3, -0.25) is 4.40 Å². The molecule has 0 unspecified atom stereocenters. The number of benzene rings is 1. The fraction of sp³-hybridized carbons (Fsp3) is 0.235. The number of hydrogen-bond donors (Lipinski definition) is 0. The van der Waals surface area contributed by atoms with Crippen molar-refractivity contribution in [2.75, 3.05) is 7.11 Å². The molecule has 0 bridgehead atoms. The second kappa shape index (κ2) is 5.26. The minimum Gasteiger partial charge on any atom is -0.497 e. The average Bonchev–Trinajstić information content (AvgIpc) is 2.86. The highest BCUT2D eigenvalue weighted by Gasteiger charge is 2.19. The molecule has 2 heterocycles. The molecular weight excluding hydrogens is 278 g/mol. The monoisotopic (exact) mass is 295 g/mol. The van der Waals surface area contributed by atoms with E-state index in [4.69, 9.17) is 4.74 Å². The quantitative estimate of drug-likeness (QED) is 0.676. The zero-order chi connectivity index (χ0) is 15.9. The molecule has 0 aliphatic rings. The van der Waals surface area contributed by atoms with Crippen LogP contribution < -0.4 is 4.74 Å². The zero-order valence-electron chi connectivity index (χ0n) is 13.0. The van der Waals surface area contributed by atoms with Crippen LogP contribution in [-0.2, 0) is 0 Å². The number of hydrogen-bond acceptors (Lipinski definition) is 4. The van der Waals surface area contributed by atoms with Crippen molar-refractivity contribution in [1.29, 1.82) is 0 Å². The van der Waals surface area contributed by atoms with E-state index in [2.05, 4.69) is 10.2 Å². The fourth-order valence-corrected chi connectivity index (χ4v) is 2.86. The topological polar surface area (TPSA) is 56.0 Å². The van der Waals surface area contributed by atoms with Gasteiger partial charge in [0.2, 0.25) is 5.82 Å². The van der Waals surface area contributed by atoms with Crippen LogP contribution in [0.25, 0.3) is 16.9 Å². The molecule has 0 aliphatic heterocycles. The highest BCUT2D eigenvalue weighted by Crippen LogP contribution is 2.37. The maximum Gasteiger partial charge on any atom is 0.209 e. The molecule has 22 heavy (non-hydrogen) atoms. The van der Waals surface area contributed by atoms with E-state index in [9.17, 15) is 4.91 Å². The van der Waals surface area contributed by atoms with Gasteiger partial charge in [-0.05, 0) is 60.8 Å². The van der Waals surface area contributed by atoms with Crippen molar-refractivity contribution in [3.63, 3.8) is 0 Å². The van der Waals surface area contributed by atoms with Crippen molar-refractivity contribution >= 4 is 11.5 Å². The van der Waals surface area contributed by atoms with Gasteiger partial charge in [0.25, 0.3) is 0 Å². The SMILES string of the molecule is COc1cc(C)c(-c2nc3c(C)cccn3c2N=O)c(C)c1. The molecule has 2 aromatic heterocycles. The summed E-state index contributed by atoms with van der Waals surface area (Å²) in [6.07, 6.45) is 1.81. The van der Waals surface area contributed by atoms with Crippen LogP contribution in [0.1, 0.15) is 16.7 Å². The van der Waals surface area contributed by atoms with Gasteiger partial charge in [0.05, 0.1) is 7.11 Å². The Morgan fingerprint density at radius 1 is 1.14 bits per heavy atom. The smallest absolute Gasteiger partial charge is 0.209 e. The number of fused-ring (bicyclic) bond motifs is 1. The molecule has 5 nitrogen and oxygen atoms in total. The maximum absolute atomic E-state index is 11.4. The number of aromatic nitrogens is 2. The Labute approximate surface area is 128 Å². The standard InChI is InChI=1S/C17H17N3O2/c1-10-6-5-7-20-16(10)18-15(17(20)19-21)14-11(2)8-13(22-4)9-12(14)3/h5-9H,1-4H3. The van der Waals surface area contributed by atoms with E-state index in [1.165, 1.54) is 0 Å². The summed E-state index contributed by atoms with van der Waals surface area (Å²) in [7, 11) is 1.64. The molecule has 0 atom stereocenters. The normalized spacial score (nSPS) is 10.9. The Balaban J connectivity index is 2.36. The van der Waals surface area contributed by atoms with Crippen LogP contribution in [0.3, 0.4) is 0 Å². The summed E-state index contributed by atoms with van der Waals surface area (Å²) in [5, 5.41) is 3.22. The number of rotatable bonds is 3. The Morgan fingerprint density at radius 3 is 2.41 bits per heavy atom. The summed E-state index contributed by atoms with van der Waals surface area (Å²) >= 11 is 0. The van der Waals surface area contributed by atoms with Gasteiger partial charge >= 0.3 is 0 Å². The average molecular weight is 295 g/mol. The van der Waals surface area contributed by atoms with E-state index >= 15 is 0 Å². The largest absolute Gasteiger partial charge is 0.497 e. The van der Waals surface area contributed by atoms with Crippen molar-refractivity contribution in [2.24, 2.45) is 5.18 Å². The van der Waals surface area contributed by atoms with E-state index in [0.717, 1.165) is 33.7 Å². The molecule has 0 aliphatic carbocycles. The zero-order valence-corrected chi connectivity index (χ0v) is 13.0. The summed E-state index contributed by atoms with van der Waals surface area (Å²) in [5.74, 6) is 1.12. The van der Waals surface area contributed by atoms with Gasteiger partial charge in [-0.1, -0.05) is 6.07 Å². The molecule has 0 saturated carbocycles. The van der Waals surface area contributed by atoms with Crippen LogP contribution in [0.5, 0.6) is 5.75 Å².